The lowest BCUT2D eigenvalue weighted by molar-refractivity contribution is -0.134. The number of ether oxygens (including phenoxy) is 1. The summed E-state index contributed by atoms with van der Waals surface area (Å²) >= 11 is 5.54. The van der Waals surface area contributed by atoms with Crippen molar-refractivity contribution in [2.24, 2.45) is 0 Å². The summed E-state index contributed by atoms with van der Waals surface area (Å²) < 4.78 is 5.92. The summed E-state index contributed by atoms with van der Waals surface area (Å²) in [6.45, 7) is 14.9. The highest BCUT2D eigenvalue weighted by Gasteiger charge is 2.29. The third-order valence-electron chi connectivity index (χ3n) is 4.79. The Labute approximate surface area is 162 Å². The molecule has 4 nitrogen and oxygen atoms in total. The standard InChI is InChI=1S/C21H31NO3S/c1-13(22-10-8-9-17(22)23)25-19(26)14-11-15(20(2,3)4)18(24)16(12-14)21(5,6)7/h11-13,24H,8-10H2,1-7H3. The van der Waals surface area contributed by atoms with Gasteiger partial charge in [0.1, 0.15) is 5.75 Å². The Hall–Kier alpha value is -1.62. The summed E-state index contributed by atoms with van der Waals surface area (Å²) in [7, 11) is 0. The van der Waals surface area contributed by atoms with Crippen LogP contribution in [0.2, 0.25) is 0 Å². The lowest BCUT2D eigenvalue weighted by Gasteiger charge is -2.29. The molecule has 0 aromatic heterocycles. The van der Waals surface area contributed by atoms with Gasteiger partial charge in [0.05, 0.1) is 0 Å². The number of aromatic hydroxyl groups is 1. The Morgan fingerprint density at radius 1 is 1.15 bits per heavy atom. The van der Waals surface area contributed by atoms with Gasteiger partial charge in [-0.2, -0.15) is 0 Å². The first-order valence-corrected chi connectivity index (χ1v) is 9.61. The van der Waals surface area contributed by atoms with Crippen LogP contribution in [0.15, 0.2) is 12.1 Å². The first-order valence-electron chi connectivity index (χ1n) is 9.21. The highest BCUT2D eigenvalue weighted by atomic mass is 32.1. The number of rotatable bonds is 3. The molecule has 1 aromatic carbocycles. The average Bonchev–Trinajstić information content (AvgIpc) is 2.91. The Bertz CT molecular complexity index is 678. The Morgan fingerprint density at radius 2 is 1.65 bits per heavy atom. The van der Waals surface area contributed by atoms with Crippen molar-refractivity contribution in [2.75, 3.05) is 6.54 Å². The van der Waals surface area contributed by atoms with E-state index < -0.39 is 0 Å². The van der Waals surface area contributed by atoms with Crippen molar-refractivity contribution in [3.8, 4) is 5.75 Å². The number of phenolic OH excluding ortho intramolecular Hbond substituents is 1. The molecule has 1 fully saturated rings. The first kappa shape index (κ1) is 20.7. The molecule has 1 aromatic rings. The second kappa shape index (κ2) is 7.18. The van der Waals surface area contributed by atoms with Crippen LogP contribution in [0.4, 0.5) is 0 Å². The molecule has 1 aliphatic rings. The van der Waals surface area contributed by atoms with Gasteiger partial charge in [-0.05, 0) is 48.5 Å². The number of thiocarbonyl (C=S) groups is 1. The SMILES string of the molecule is CC(OC(=S)c1cc(C(C)(C)C)c(O)c(C(C)(C)C)c1)N1CCCC1=O. The lowest BCUT2D eigenvalue weighted by Crippen LogP contribution is -2.37. The van der Waals surface area contributed by atoms with Crippen LogP contribution in [0.5, 0.6) is 5.75 Å². The van der Waals surface area contributed by atoms with E-state index in [1.807, 2.05) is 19.1 Å². The fourth-order valence-electron chi connectivity index (χ4n) is 3.24. The van der Waals surface area contributed by atoms with Gasteiger partial charge in [-0.1, -0.05) is 41.5 Å². The molecular formula is C21H31NO3S. The number of carbonyl (C=O) groups excluding carboxylic acids is 1. The molecule has 1 atom stereocenters. The number of hydrogen-bond acceptors (Lipinski definition) is 4. The number of benzene rings is 1. The average molecular weight is 378 g/mol. The van der Waals surface area contributed by atoms with E-state index in [0.717, 1.165) is 23.1 Å². The van der Waals surface area contributed by atoms with E-state index in [2.05, 4.69) is 41.5 Å². The number of carbonyl (C=O) groups is 1. The van der Waals surface area contributed by atoms with Crippen molar-refractivity contribution in [3.05, 3.63) is 28.8 Å². The topological polar surface area (TPSA) is 49.8 Å². The molecule has 1 aliphatic heterocycles. The van der Waals surface area contributed by atoms with Gasteiger partial charge in [-0.15, -0.1) is 0 Å². The molecule has 1 N–H and O–H groups in total. The summed E-state index contributed by atoms with van der Waals surface area (Å²) in [4.78, 5) is 13.6. The molecular weight excluding hydrogens is 346 g/mol. The van der Waals surface area contributed by atoms with E-state index in [0.29, 0.717) is 23.8 Å². The van der Waals surface area contributed by atoms with Crippen LogP contribution in [-0.4, -0.2) is 33.7 Å². The van der Waals surface area contributed by atoms with Crippen LogP contribution in [0.3, 0.4) is 0 Å². The minimum atomic E-state index is -0.387. The third kappa shape index (κ3) is 4.37. The Morgan fingerprint density at radius 3 is 2.04 bits per heavy atom. The lowest BCUT2D eigenvalue weighted by atomic mass is 9.78. The van der Waals surface area contributed by atoms with Crippen molar-refractivity contribution >= 4 is 23.2 Å². The molecule has 26 heavy (non-hydrogen) atoms. The van der Waals surface area contributed by atoms with Gasteiger partial charge in [-0.25, -0.2) is 0 Å². The fraction of sp³-hybridized carbons (Fsp3) is 0.619. The van der Waals surface area contributed by atoms with Crippen LogP contribution in [0.25, 0.3) is 0 Å². The summed E-state index contributed by atoms with van der Waals surface area (Å²) in [6, 6.07) is 3.82. The second-order valence-electron chi connectivity index (χ2n) is 9.12. The second-order valence-corrected chi connectivity index (χ2v) is 9.49. The van der Waals surface area contributed by atoms with E-state index in [1.165, 1.54) is 0 Å². The zero-order chi connectivity index (χ0) is 19.9. The van der Waals surface area contributed by atoms with Crippen LogP contribution in [0.1, 0.15) is 78.0 Å². The molecule has 5 heteroatoms. The monoisotopic (exact) mass is 377 g/mol. The minimum Gasteiger partial charge on any atom is -0.507 e. The number of likely N-dealkylation sites (tertiary alicyclic amines) is 1. The smallest absolute Gasteiger partial charge is 0.225 e. The van der Waals surface area contributed by atoms with Crippen molar-refractivity contribution < 1.29 is 14.6 Å². The quantitative estimate of drug-likeness (QED) is 0.779. The number of amides is 1. The Kier molecular flexibility index (Phi) is 5.71. The van der Waals surface area contributed by atoms with Crippen molar-refractivity contribution in [2.45, 2.75) is 78.4 Å². The zero-order valence-electron chi connectivity index (χ0n) is 17.0. The number of hydrogen-bond donors (Lipinski definition) is 1. The Balaban J connectivity index is 2.38. The summed E-state index contributed by atoms with van der Waals surface area (Å²) in [5, 5.41) is 11.2. The highest BCUT2D eigenvalue weighted by molar-refractivity contribution is 7.80. The van der Waals surface area contributed by atoms with Crippen molar-refractivity contribution in [3.63, 3.8) is 0 Å². The predicted molar refractivity (Wildman–Crippen MR) is 109 cm³/mol. The summed E-state index contributed by atoms with van der Waals surface area (Å²) in [5.74, 6) is 0.427. The van der Waals surface area contributed by atoms with Gasteiger partial charge in [-0.3, -0.25) is 4.79 Å². The maximum absolute atomic E-state index is 11.9. The molecule has 1 saturated heterocycles. The van der Waals surface area contributed by atoms with E-state index in [4.69, 9.17) is 17.0 Å². The third-order valence-corrected chi connectivity index (χ3v) is 5.12. The van der Waals surface area contributed by atoms with E-state index >= 15 is 0 Å². The van der Waals surface area contributed by atoms with Crippen molar-refractivity contribution in [1.82, 2.24) is 4.90 Å². The van der Waals surface area contributed by atoms with Gasteiger partial charge in [0, 0.05) is 29.7 Å². The maximum Gasteiger partial charge on any atom is 0.225 e. The normalized spacial score (nSPS) is 16.7. The molecule has 1 heterocycles. The maximum atomic E-state index is 11.9. The first-order chi connectivity index (χ1) is 11.8. The highest BCUT2D eigenvalue weighted by Crippen LogP contribution is 2.40. The molecule has 0 spiro atoms. The van der Waals surface area contributed by atoms with Crippen LogP contribution < -0.4 is 0 Å². The molecule has 0 radical (unpaired) electrons. The van der Waals surface area contributed by atoms with Crippen molar-refractivity contribution in [1.29, 1.82) is 0 Å². The van der Waals surface area contributed by atoms with E-state index in [1.54, 1.807) is 4.90 Å². The van der Waals surface area contributed by atoms with Crippen LogP contribution >= 0.6 is 12.2 Å². The molecule has 1 unspecified atom stereocenters. The van der Waals surface area contributed by atoms with Gasteiger partial charge in [0.15, 0.2) is 11.3 Å². The van der Waals surface area contributed by atoms with E-state index in [9.17, 15) is 9.90 Å². The van der Waals surface area contributed by atoms with Crippen LogP contribution in [0, 0.1) is 0 Å². The molecule has 0 aliphatic carbocycles. The zero-order valence-corrected chi connectivity index (χ0v) is 17.8. The fourth-order valence-corrected chi connectivity index (χ4v) is 3.49. The molecule has 0 bridgehead atoms. The van der Waals surface area contributed by atoms with Gasteiger partial charge < -0.3 is 14.7 Å². The van der Waals surface area contributed by atoms with Crippen LogP contribution in [-0.2, 0) is 20.4 Å². The molecule has 1 amide bonds. The molecule has 0 saturated carbocycles. The van der Waals surface area contributed by atoms with Gasteiger partial charge in [0.2, 0.25) is 5.91 Å². The predicted octanol–water partition coefficient (Wildman–Crippen LogP) is 4.65. The van der Waals surface area contributed by atoms with Gasteiger partial charge >= 0.3 is 0 Å². The summed E-state index contributed by atoms with van der Waals surface area (Å²) in [6.07, 6.45) is 1.05. The molecule has 2 rings (SSSR count). The summed E-state index contributed by atoms with van der Waals surface area (Å²) in [5.41, 5.74) is 2.00. The number of nitrogens with zero attached hydrogens (tertiary/aromatic N) is 1. The minimum absolute atomic E-state index is 0.108. The largest absolute Gasteiger partial charge is 0.507 e. The van der Waals surface area contributed by atoms with E-state index in [-0.39, 0.29) is 23.0 Å². The number of phenols is 1. The van der Waals surface area contributed by atoms with Gasteiger partial charge in [0.25, 0.3) is 0 Å². The molecule has 144 valence electrons.